The molecule has 0 spiro atoms. The molecule has 1 heterocycles. The Kier molecular flexibility index (Phi) is 5.35. The molecular formula is C21H28N2. The minimum absolute atomic E-state index is 1.05. The van der Waals surface area contributed by atoms with Gasteiger partial charge in [0.05, 0.1) is 0 Å². The van der Waals surface area contributed by atoms with Gasteiger partial charge < -0.3 is 9.80 Å². The Balaban J connectivity index is 1.83. The Morgan fingerprint density at radius 3 is 1.83 bits per heavy atom. The van der Waals surface area contributed by atoms with Crippen molar-refractivity contribution < 1.29 is 0 Å². The van der Waals surface area contributed by atoms with Crippen molar-refractivity contribution in [1.29, 1.82) is 0 Å². The summed E-state index contributed by atoms with van der Waals surface area (Å²) in [5.41, 5.74) is 5.67. The molecular weight excluding hydrogens is 280 g/mol. The van der Waals surface area contributed by atoms with Gasteiger partial charge in [-0.05, 0) is 49.2 Å². The van der Waals surface area contributed by atoms with Crippen molar-refractivity contribution in [3.63, 3.8) is 0 Å². The molecule has 3 rings (SSSR count). The molecule has 0 amide bonds. The Morgan fingerprint density at radius 1 is 0.783 bits per heavy atom. The van der Waals surface area contributed by atoms with Crippen LogP contribution in [0, 0.1) is 0 Å². The molecule has 0 N–H and O–H groups in total. The number of anilines is 2. The molecule has 0 atom stereocenters. The third-order valence-electron chi connectivity index (χ3n) is 4.67. The fourth-order valence-corrected chi connectivity index (χ4v) is 3.63. The van der Waals surface area contributed by atoms with E-state index in [-0.39, 0.29) is 0 Å². The largest absolute Gasteiger partial charge is 0.340 e. The van der Waals surface area contributed by atoms with E-state index in [1.807, 2.05) is 0 Å². The molecule has 0 aliphatic carbocycles. The molecule has 122 valence electrons. The average Bonchev–Trinajstić information content (AvgIpc) is 2.59. The summed E-state index contributed by atoms with van der Waals surface area (Å²) < 4.78 is 0. The first kappa shape index (κ1) is 16.1. The second-order valence-electron chi connectivity index (χ2n) is 6.43. The Hall–Kier alpha value is -1.80. The number of benzene rings is 2. The molecule has 2 aromatic carbocycles. The van der Waals surface area contributed by atoms with Crippen LogP contribution in [0.5, 0.6) is 0 Å². The lowest BCUT2D eigenvalue weighted by atomic mass is 9.95. The third-order valence-corrected chi connectivity index (χ3v) is 4.67. The summed E-state index contributed by atoms with van der Waals surface area (Å²) in [7, 11) is 0. The molecule has 0 fully saturated rings. The van der Waals surface area contributed by atoms with Gasteiger partial charge in [0.15, 0.2) is 0 Å². The summed E-state index contributed by atoms with van der Waals surface area (Å²) in [6.45, 7) is 9.14. The molecule has 2 aromatic rings. The molecule has 0 unspecified atom stereocenters. The maximum atomic E-state index is 2.60. The zero-order valence-corrected chi connectivity index (χ0v) is 14.5. The lowest BCUT2D eigenvalue weighted by Crippen LogP contribution is -2.35. The number of rotatable bonds is 7. The van der Waals surface area contributed by atoms with E-state index < -0.39 is 0 Å². The van der Waals surface area contributed by atoms with Gasteiger partial charge in [0.1, 0.15) is 0 Å². The average molecular weight is 308 g/mol. The first-order valence-corrected chi connectivity index (χ1v) is 8.99. The minimum Gasteiger partial charge on any atom is -0.340 e. The maximum Gasteiger partial charge on any atom is 0.0447 e. The second kappa shape index (κ2) is 7.65. The fourth-order valence-electron chi connectivity index (χ4n) is 3.63. The van der Waals surface area contributed by atoms with Crippen LogP contribution in [0.1, 0.15) is 37.8 Å². The normalized spacial score (nSPS) is 13.1. The van der Waals surface area contributed by atoms with Crippen LogP contribution in [0.25, 0.3) is 0 Å². The first-order valence-electron chi connectivity index (χ1n) is 8.99. The van der Waals surface area contributed by atoms with Crippen LogP contribution in [0.15, 0.2) is 48.5 Å². The van der Waals surface area contributed by atoms with Crippen molar-refractivity contribution in [1.82, 2.24) is 4.90 Å². The Labute approximate surface area is 140 Å². The molecule has 2 nitrogen and oxygen atoms in total. The van der Waals surface area contributed by atoms with Crippen LogP contribution in [0.2, 0.25) is 0 Å². The zero-order valence-electron chi connectivity index (χ0n) is 14.5. The second-order valence-corrected chi connectivity index (χ2v) is 6.43. The van der Waals surface area contributed by atoms with Crippen LogP contribution in [-0.2, 0) is 6.42 Å². The molecule has 2 heteroatoms. The van der Waals surface area contributed by atoms with Crippen molar-refractivity contribution in [2.75, 3.05) is 31.1 Å². The van der Waals surface area contributed by atoms with E-state index >= 15 is 0 Å². The van der Waals surface area contributed by atoms with Gasteiger partial charge in [0.25, 0.3) is 0 Å². The Bertz CT molecular complexity index is 584. The van der Waals surface area contributed by atoms with Crippen molar-refractivity contribution >= 4 is 11.4 Å². The lowest BCUT2D eigenvalue weighted by Gasteiger charge is -2.35. The number of nitrogens with zero attached hydrogens (tertiary/aromatic N) is 2. The van der Waals surface area contributed by atoms with E-state index in [1.54, 1.807) is 0 Å². The highest BCUT2D eigenvalue weighted by Crippen LogP contribution is 2.37. The maximum absolute atomic E-state index is 2.60. The van der Waals surface area contributed by atoms with E-state index in [9.17, 15) is 0 Å². The van der Waals surface area contributed by atoms with Crippen molar-refractivity contribution in [3.8, 4) is 0 Å². The van der Waals surface area contributed by atoms with Gasteiger partial charge in [-0.1, -0.05) is 50.2 Å². The van der Waals surface area contributed by atoms with Gasteiger partial charge in [0, 0.05) is 30.9 Å². The van der Waals surface area contributed by atoms with Gasteiger partial charge in [-0.2, -0.15) is 0 Å². The smallest absolute Gasteiger partial charge is 0.0447 e. The summed E-state index contributed by atoms with van der Waals surface area (Å²) in [6.07, 6.45) is 3.51. The van der Waals surface area contributed by atoms with Crippen LogP contribution in [-0.4, -0.2) is 31.1 Å². The highest BCUT2D eigenvalue weighted by molar-refractivity contribution is 5.74. The van der Waals surface area contributed by atoms with Crippen LogP contribution in [0.3, 0.4) is 0 Å². The van der Waals surface area contributed by atoms with Crippen molar-refractivity contribution in [3.05, 3.63) is 59.7 Å². The topological polar surface area (TPSA) is 6.48 Å². The summed E-state index contributed by atoms with van der Waals surface area (Å²) in [5.74, 6) is 0. The minimum atomic E-state index is 1.05. The van der Waals surface area contributed by atoms with Gasteiger partial charge >= 0.3 is 0 Å². The van der Waals surface area contributed by atoms with E-state index in [4.69, 9.17) is 0 Å². The monoisotopic (exact) mass is 308 g/mol. The predicted octanol–water partition coefficient (Wildman–Crippen LogP) is 4.85. The number of fused-ring (bicyclic) bond motifs is 2. The van der Waals surface area contributed by atoms with Crippen LogP contribution in [0.4, 0.5) is 11.4 Å². The van der Waals surface area contributed by atoms with E-state index in [0.29, 0.717) is 0 Å². The summed E-state index contributed by atoms with van der Waals surface area (Å²) in [4.78, 5) is 5.12. The van der Waals surface area contributed by atoms with Crippen molar-refractivity contribution in [2.24, 2.45) is 0 Å². The highest BCUT2D eigenvalue weighted by atomic mass is 15.2. The molecule has 0 bridgehead atoms. The molecule has 0 radical (unpaired) electrons. The van der Waals surface area contributed by atoms with Gasteiger partial charge in [-0.25, -0.2) is 0 Å². The summed E-state index contributed by atoms with van der Waals surface area (Å²) in [6, 6.07) is 17.7. The third kappa shape index (κ3) is 3.59. The highest BCUT2D eigenvalue weighted by Gasteiger charge is 2.22. The number of hydrogen-bond donors (Lipinski definition) is 0. The van der Waals surface area contributed by atoms with Gasteiger partial charge in [-0.3, -0.25) is 0 Å². The SMILES string of the molecule is CCCN(CCC)CCN1c2ccccc2Cc2ccccc21. The Morgan fingerprint density at radius 2 is 1.30 bits per heavy atom. The predicted molar refractivity (Wildman–Crippen MR) is 99.7 cm³/mol. The van der Waals surface area contributed by atoms with E-state index in [0.717, 1.165) is 19.5 Å². The van der Waals surface area contributed by atoms with E-state index in [1.165, 1.54) is 48.4 Å². The van der Waals surface area contributed by atoms with Gasteiger partial charge in [-0.15, -0.1) is 0 Å². The zero-order chi connectivity index (χ0) is 16.1. The molecule has 23 heavy (non-hydrogen) atoms. The van der Waals surface area contributed by atoms with E-state index in [2.05, 4.69) is 72.2 Å². The molecule has 0 saturated carbocycles. The first-order chi connectivity index (χ1) is 11.3. The summed E-state index contributed by atoms with van der Waals surface area (Å²) in [5, 5.41) is 0. The van der Waals surface area contributed by atoms with Gasteiger partial charge in [0.2, 0.25) is 0 Å². The van der Waals surface area contributed by atoms with Crippen LogP contribution >= 0.6 is 0 Å². The van der Waals surface area contributed by atoms with Crippen molar-refractivity contribution in [2.45, 2.75) is 33.1 Å². The quantitative estimate of drug-likeness (QED) is 0.721. The summed E-state index contributed by atoms with van der Waals surface area (Å²) >= 11 is 0. The molecule has 0 aromatic heterocycles. The molecule has 1 aliphatic heterocycles. The number of para-hydroxylation sites is 2. The number of hydrogen-bond acceptors (Lipinski definition) is 2. The lowest BCUT2D eigenvalue weighted by molar-refractivity contribution is 0.282. The standard InChI is InChI=1S/C21H28N2/c1-3-13-22(14-4-2)15-16-23-20-11-7-5-9-18(20)17-19-10-6-8-12-21(19)23/h5-12H,3-4,13-17H2,1-2H3. The fraction of sp³-hybridized carbons (Fsp3) is 0.429. The van der Waals surface area contributed by atoms with Crippen LogP contribution < -0.4 is 4.90 Å². The molecule has 0 saturated heterocycles. The molecule has 1 aliphatic rings.